The van der Waals surface area contributed by atoms with Crippen LogP contribution in [0.3, 0.4) is 0 Å². The van der Waals surface area contributed by atoms with E-state index in [-0.39, 0.29) is 5.78 Å². The number of carbonyl (C=O) groups is 1. The van der Waals surface area contributed by atoms with Crippen LogP contribution in [0.4, 0.5) is 0 Å². The Balaban J connectivity index is 1.37. The third-order valence-electron chi connectivity index (χ3n) is 6.36. The van der Waals surface area contributed by atoms with Gasteiger partial charge in [0.1, 0.15) is 5.82 Å². The quantitative estimate of drug-likeness (QED) is 0.375. The van der Waals surface area contributed by atoms with Gasteiger partial charge in [0.05, 0.1) is 5.75 Å². The molecule has 5 nitrogen and oxygen atoms in total. The fourth-order valence-electron chi connectivity index (χ4n) is 4.20. The monoisotopic (exact) mass is 420 g/mol. The van der Waals surface area contributed by atoms with Crippen molar-refractivity contribution in [1.82, 2.24) is 19.3 Å². The third kappa shape index (κ3) is 3.51. The molecule has 0 unspecified atom stereocenters. The van der Waals surface area contributed by atoms with Gasteiger partial charge in [-0.1, -0.05) is 17.8 Å². The van der Waals surface area contributed by atoms with E-state index in [1.54, 1.807) is 0 Å². The molecule has 156 valence electrons. The Morgan fingerprint density at radius 3 is 2.47 bits per heavy atom. The molecule has 6 heteroatoms. The summed E-state index contributed by atoms with van der Waals surface area (Å²) < 4.78 is 4.50. The number of carbonyl (C=O) groups excluding carboxylic acids is 1. The summed E-state index contributed by atoms with van der Waals surface area (Å²) in [5.41, 5.74) is 6.54. The van der Waals surface area contributed by atoms with Gasteiger partial charge < -0.3 is 9.13 Å². The van der Waals surface area contributed by atoms with Crippen molar-refractivity contribution in [3.63, 3.8) is 0 Å². The van der Waals surface area contributed by atoms with E-state index in [4.69, 9.17) is 0 Å². The number of hydrogen-bond acceptors (Lipinski definition) is 4. The molecule has 30 heavy (non-hydrogen) atoms. The maximum absolute atomic E-state index is 13.1. The van der Waals surface area contributed by atoms with Crippen molar-refractivity contribution in [3.05, 3.63) is 58.2 Å². The first-order chi connectivity index (χ1) is 14.4. The van der Waals surface area contributed by atoms with Crippen molar-refractivity contribution < 1.29 is 4.79 Å². The number of Topliss-reactive ketones (excluding diaryl/α,β-unsaturated/α-hetero) is 1. The van der Waals surface area contributed by atoms with Gasteiger partial charge in [-0.05, 0) is 82.7 Å². The molecule has 0 radical (unpaired) electrons. The van der Waals surface area contributed by atoms with E-state index in [0.717, 1.165) is 33.6 Å². The number of thioether (sulfide) groups is 1. The number of nitrogens with zero attached hydrogens (tertiary/aromatic N) is 4. The Hall–Kier alpha value is -2.34. The molecule has 2 heterocycles. The lowest BCUT2D eigenvalue weighted by Gasteiger charge is -2.12. The minimum absolute atomic E-state index is 0.154. The number of rotatable bonds is 7. The summed E-state index contributed by atoms with van der Waals surface area (Å²) in [5, 5.41) is 9.80. The molecular weight excluding hydrogens is 392 g/mol. The highest BCUT2D eigenvalue weighted by Crippen LogP contribution is 2.46. The van der Waals surface area contributed by atoms with Crippen molar-refractivity contribution in [3.8, 4) is 5.69 Å². The second-order valence-electron chi connectivity index (χ2n) is 8.82. The average Bonchev–Trinajstić information content (AvgIpc) is 3.65. The molecule has 2 fully saturated rings. The number of benzene rings is 1. The smallest absolute Gasteiger partial charge is 0.191 e. The van der Waals surface area contributed by atoms with E-state index in [0.29, 0.717) is 17.7 Å². The van der Waals surface area contributed by atoms with Crippen LogP contribution in [0.2, 0.25) is 0 Å². The Labute approximate surface area is 181 Å². The average molecular weight is 421 g/mol. The van der Waals surface area contributed by atoms with Gasteiger partial charge in [-0.3, -0.25) is 4.79 Å². The van der Waals surface area contributed by atoms with E-state index in [9.17, 15) is 4.79 Å². The zero-order chi connectivity index (χ0) is 21.0. The van der Waals surface area contributed by atoms with Gasteiger partial charge in [0, 0.05) is 34.6 Å². The number of aryl methyl sites for hydroxylation is 3. The minimum atomic E-state index is 0.154. The fraction of sp³-hybridized carbons (Fsp3) is 0.458. The minimum Gasteiger partial charge on any atom is -0.318 e. The molecule has 0 atom stereocenters. The molecule has 1 aromatic carbocycles. The fourth-order valence-corrected chi connectivity index (χ4v) is 5.09. The van der Waals surface area contributed by atoms with Crippen LogP contribution in [0.5, 0.6) is 0 Å². The first-order valence-corrected chi connectivity index (χ1v) is 11.8. The number of ketones is 1. The lowest BCUT2D eigenvalue weighted by molar-refractivity contribution is 0.102. The molecule has 5 rings (SSSR count). The Bertz CT molecular complexity index is 1130. The molecule has 2 saturated carbocycles. The van der Waals surface area contributed by atoms with Crippen molar-refractivity contribution >= 4 is 17.5 Å². The van der Waals surface area contributed by atoms with Crippen molar-refractivity contribution in [1.29, 1.82) is 0 Å². The molecule has 0 N–H and O–H groups in total. The van der Waals surface area contributed by atoms with Gasteiger partial charge in [-0.15, -0.1) is 10.2 Å². The van der Waals surface area contributed by atoms with Crippen LogP contribution in [0.25, 0.3) is 5.69 Å². The van der Waals surface area contributed by atoms with Gasteiger partial charge in [0.15, 0.2) is 10.9 Å². The highest BCUT2D eigenvalue weighted by Gasteiger charge is 2.36. The van der Waals surface area contributed by atoms with Gasteiger partial charge in [-0.2, -0.15) is 0 Å². The van der Waals surface area contributed by atoms with Crippen LogP contribution >= 0.6 is 11.8 Å². The van der Waals surface area contributed by atoms with Crippen LogP contribution in [-0.2, 0) is 0 Å². The summed E-state index contributed by atoms with van der Waals surface area (Å²) >= 11 is 1.54. The van der Waals surface area contributed by atoms with E-state index in [1.807, 2.05) is 13.0 Å². The predicted molar refractivity (Wildman–Crippen MR) is 120 cm³/mol. The molecule has 0 saturated heterocycles. The summed E-state index contributed by atoms with van der Waals surface area (Å²) in [7, 11) is 0. The lowest BCUT2D eigenvalue weighted by atomic mass is 10.1. The zero-order valence-corrected chi connectivity index (χ0v) is 18.9. The van der Waals surface area contributed by atoms with Crippen molar-refractivity contribution in [2.45, 2.75) is 70.5 Å². The van der Waals surface area contributed by atoms with Crippen LogP contribution in [0.15, 0.2) is 29.4 Å². The van der Waals surface area contributed by atoms with Crippen LogP contribution < -0.4 is 0 Å². The molecule has 0 aliphatic heterocycles. The number of hydrogen-bond donors (Lipinski definition) is 0. The largest absolute Gasteiger partial charge is 0.318 e. The maximum atomic E-state index is 13.1. The van der Waals surface area contributed by atoms with Crippen molar-refractivity contribution in [2.24, 2.45) is 0 Å². The first kappa shape index (κ1) is 19.6. The van der Waals surface area contributed by atoms with Crippen LogP contribution in [-0.4, -0.2) is 30.9 Å². The Morgan fingerprint density at radius 1 is 1.03 bits per heavy atom. The van der Waals surface area contributed by atoms with Gasteiger partial charge in [0.25, 0.3) is 0 Å². The second kappa shape index (κ2) is 7.41. The summed E-state index contributed by atoms with van der Waals surface area (Å²) in [6.07, 6.45) is 4.85. The lowest BCUT2D eigenvalue weighted by Crippen LogP contribution is -2.07. The van der Waals surface area contributed by atoms with E-state index >= 15 is 0 Å². The summed E-state index contributed by atoms with van der Waals surface area (Å²) in [5.74, 6) is 2.27. The Kier molecular flexibility index (Phi) is 4.85. The SMILES string of the molecule is Cc1ccc(-n2c(C)cc(C(=O)CSc3nnc(C4CC4)n3C3CC3)c2C)cc1C. The van der Waals surface area contributed by atoms with Gasteiger partial charge >= 0.3 is 0 Å². The highest BCUT2D eigenvalue weighted by atomic mass is 32.2. The Morgan fingerprint density at radius 2 is 1.80 bits per heavy atom. The summed E-state index contributed by atoms with van der Waals surface area (Å²) in [6, 6.07) is 9.03. The molecule has 0 bridgehead atoms. The second-order valence-corrected chi connectivity index (χ2v) is 9.76. The standard InChI is InChI=1S/C24H28N4OS/c1-14-5-8-20(11-15(14)2)27-16(3)12-21(17(27)4)22(29)13-30-24-26-25-23(18-6-7-18)28(24)19-9-10-19/h5,8,11-12,18-19H,6-7,9-10,13H2,1-4H3. The first-order valence-electron chi connectivity index (χ1n) is 10.8. The molecule has 0 amide bonds. The van der Waals surface area contributed by atoms with Crippen molar-refractivity contribution in [2.75, 3.05) is 5.75 Å². The predicted octanol–water partition coefficient (Wildman–Crippen LogP) is 5.49. The third-order valence-corrected chi connectivity index (χ3v) is 7.30. The topological polar surface area (TPSA) is 52.7 Å². The molecular formula is C24H28N4OS. The normalized spacial score (nSPS) is 16.3. The number of aromatic nitrogens is 4. The zero-order valence-electron chi connectivity index (χ0n) is 18.1. The van der Waals surface area contributed by atoms with E-state index in [1.165, 1.54) is 48.6 Å². The summed E-state index contributed by atoms with van der Waals surface area (Å²) in [4.78, 5) is 13.1. The van der Waals surface area contributed by atoms with Crippen LogP contribution in [0.1, 0.15) is 76.3 Å². The molecule has 0 spiro atoms. The van der Waals surface area contributed by atoms with Gasteiger partial charge in [-0.25, -0.2) is 0 Å². The summed E-state index contributed by atoms with van der Waals surface area (Å²) in [6.45, 7) is 8.35. The van der Waals surface area contributed by atoms with E-state index < -0.39 is 0 Å². The van der Waals surface area contributed by atoms with E-state index in [2.05, 4.69) is 58.3 Å². The van der Waals surface area contributed by atoms with Crippen LogP contribution in [0, 0.1) is 27.7 Å². The maximum Gasteiger partial charge on any atom is 0.191 e. The molecule has 2 aromatic heterocycles. The molecule has 2 aliphatic rings. The van der Waals surface area contributed by atoms with Gasteiger partial charge in [0.2, 0.25) is 0 Å². The molecule has 3 aromatic rings. The molecule has 2 aliphatic carbocycles. The highest BCUT2D eigenvalue weighted by molar-refractivity contribution is 7.99.